The van der Waals surface area contributed by atoms with Crippen molar-refractivity contribution in [3.05, 3.63) is 65.9 Å². The maximum Gasteiger partial charge on any atom is 0.175 e. The van der Waals surface area contributed by atoms with E-state index in [1.54, 1.807) is 12.1 Å². The van der Waals surface area contributed by atoms with Crippen molar-refractivity contribution in [2.75, 3.05) is 43.9 Å². The molecule has 5 nitrogen and oxygen atoms in total. The molecule has 164 valence electrons. The second kappa shape index (κ2) is 9.81. The third-order valence-corrected chi connectivity index (χ3v) is 6.74. The Bertz CT molecular complexity index is 1170. The lowest BCUT2D eigenvalue weighted by Crippen LogP contribution is -2.46. The van der Waals surface area contributed by atoms with Crippen molar-refractivity contribution in [1.82, 2.24) is 9.88 Å². The van der Waals surface area contributed by atoms with Crippen molar-refractivity contribution in [2.24, 2.45) is 0 Å². The molecule has 1 aromatic heterocycles. The summed E-state index contributed by atoms with van der Waals surface area (Å²) in [5.74, 6) is 1.04. The molecule has 2 aromatic carbocycles. The van der Waals surface area contributed by atoms with Crippen LogP contribution in [0.3, 0.4) is 0 Å². The lowest BCUT2D eigenvalue weighted by Gasteiger charge is -2.35. The van der Waals surface area contributed by atoms with Crippen LogP contribution in [-0.2, 0) is 9.84 Å². The minimum absolute atomic E-state index is 0. The molecule has 0 spiro atoms. The van der Waals surface area contributed by atoms with Crippen LogP contribution in [-0.4, -0.2) is 57.3 Å². The number of rotatable bonds is 5. The molecule has 0 bridgehead atoms. The Balaban J connectivity index is 0.00000272. The van der Waals surface area contributed by atoms with Crippen LogP contribution in [0.1, 0.15) is 18.2 Å². The Hall–Kier alpha value is -2.41. The van der Waals surface area contributed by atoms with Gasteiger partial charge in [0.15, 0.2) is 9.84 Å². The number of likely N-dealkylation sites (N-methyl/N-ethyl adjacent to an activating group) is 1. The van der Waals surface area contributed by atoms with E-state index in [1.807, 2.05) is 24.3 Å². The number of fused-ring (bicyclic) bond motifs is 1. The van der Waals surface area contributed by atoms with Gasteiger partial charge in [0.2, 0.25) is 0 Å². The fourth-order valence-corrected chi connectivity index (χ4v) is 4.44. The molecule has 1 aliphatic rings. The minimum atomic E-state index is -3.18. The third kappa shape index (κ3) is 5.45. The number of pyridine rings is 1. The highest BCUT2D eigenvalue weighted by Crippen LogP contribution is 2.27. The quantitative estimate of drug-likeness (QED) is 0.569. The number of piperazine rings is 1. The van der Waals surface area contributed by atoms with Crippen molar-refractivity contribution in [2.45, 2.75) is 11.8 Å². The van der Waals surface area contributed by atoms with Crippen LogP contribution in [0.15, 0.2) is 59.5 Å². The van der Waals surface area contributed by atoms with Crippen LogP contribution >= 0.6 is 12.4 Å². The summed E-state index contributed by atoms with van der Waals surface area (Å²) in [6.07, 6.45) is 5.19. The lowest BCUT2D eigenvalue weighted by molar-refractivity contribution is 0.271. The van der Waals surface area contributed by atoms with Crippen LogP contribution in [0.4, 0.5) is 5.82 Å². The second-order valence-electron chi connectivity index (χ2n) is 7.69. The summed E-state index contributed by atoms with van der Waals surface area (Å²) in [5, 5.41) is 2.35. The van der Waals surface area contributed by atoms with Gasteiger partial charge in [0.1, 0.15) is 5.82 Å². The first-order valence-corrected chi connectivity index (χ1v) is 12.2. The monoisotopic (exact) mass is 457 g/mol. The van der Waals surface area contributed by atoms with Gasteiger partial charge in [-0.25, -0.2) is 13.4 Å². The zero-order valence-electron chi connectivity index (χ0n) is 17.9. The first kappa shape index (κ1) is 23.3. The van der Waals surface area contributed by atoms with E-state index in [4.69, 9.17) is 4.98 Å². The molecule has 0 amide bonds. The molecule has 3 aromatic rings. The number of sulfone groups is 1. The molecule has 31 heavy (non-hydrogen) atoms. The van der Waals surface area contributed by atoms with Gasteiger partial charge < -0.3 is 9.80 Å². The summed E-state index contributed by atoms with van der Waals surface area (Å²) in [5.41, 5.74) is 1.84. The number of nitrogens with zero attached hydrogens (tertiary/aromatic N) is 3. The van der Waals surface area contributed by atoms with E-state index in [0.29, 0.717) is 4.90 Å². The lowest BCUT2D eigenvalue weighted by atomic mass is 10.1. The summed E-state index contributed by atoms with van der Waals surface area (Å²) in [6.45, 7) is 7.36. The molecule has 4 rings (SSSR count). The van der Waals surface area contributed by atoms with Gasteiger partial charge in [0, 0.05) is 37.8 Å². The Labute approximate surface area is 190 Å². The highest BCUT2D eigenvalue weighted by molar-refractivity contribution is 7.90. The molecule has 2 heterocycles. The number of halogens is 1. The standard InChI is InChI=1S/C24H27N3O2S.ClH/c1-3-26-14-16-27(17-15-26)24-23-7-5-4-6-20(23)18-21(25-24)11-8-19-9-12-22(13-10-19)30(2,28)29;/h4-13,18H,3,14-17H2,1-2H3;1H. The van der Waals surface area contributed by atoms with Crippen molar-refractivity contribution >= 4 is 51.0 Å². The average molecular weight is 458 g/mol. The molecule has 0 aliphatic carbocycles. The van der Waals surface area contributed by atoms with E-state index >= 15 is 0 Å². The van der Waals surface area contributed by atoms with Gasteiger partial charge in [-0.1, -0.05) is 49.4 Å². The molecule has 0 unspecified atom stereocenters. The van der Waals surface area contributed by atoms with Crippen molar-refractivity contribution < 1.29 is 8.42 Å². The Kier molecular flexibility index (Phi) is 7.36. The second-order valence-corrected chi connectivity index (χ2v) is 9.70. The van der Waals surface area contributed by atoms with Gasteiger partial charge in [-0.15, -0.1) is 12.4 Å². The van der Waals surface area contributed by atoms with Gasteiger partial charge >= 0.3 is 0 Å². The summed E-state index contributed by atoms with van der Waals surface area (Å²) in [6, 6.07) is 17.4. The van der Waals surface area contributed by atoms with Gasteiger partial charge in [-0.3, -0.25) is 0 Å². The highest BCUT2D eigenvalue weighted by Gasteiger charge is 2.19. The summed E-state index contributed by atoms with van der Waals surface area (Å²) < 4.78 is 23.3. The van der Waals surface area contributed by atoms with Gasteiger partial charge in [-0.05, 0) is 41.8 Å². The Morgan fingerprint density at radius 3 is 2.29 bits per heavy atom. The number of hydrogen-bond acceptors (Lipinski definition) is 5. The van der Waals surface area contributed by atoms with Gasteiger partial charge in [0.25, 0.3) is 0 Å². The summed E-state index contributed by atoms with van der Waals surface area (Å²) in [4.78, 5) is 10.1. The molecule has 1 saturated heterocycles. The van der Waals surface area contributed by atoms with Crippen LogP contribution in [0, 0.1) is 0 Å². The van der Waals surface area contributed by atoms with Crippen LogP contribution in [0.25, 0.3) is 22.9 Å². The van der Waals surface area contributed by atoms with E-state index in [-0.39, 0.29) is 12.4 Å². The van der Waals surface area contributed by atoms with Crippen molar-refractivity contribution in [3.8, 4) is 0 Å². The molecule has 1 aliphatic heterocycles. The van der Waals surface area contributed by atoms with Crippen molar-refractivity contribution in [1.29, 1.82) is 0 Å². The summed E-state index contributed by atoms with van der Waals surface area (Å²) in [7, 11) is -3.18. The summed E-state index contributed by atoms with van der Waals surface area (Å²) >= 11 is 0. The number of anilines is 1. The predicted molar refractivity (Wildman–Crippen MR) is 132 cm³/mol. The number of hydrogen-bond donors (Lipinski definition) is 0. The third-order valence-electron chi connectivity index (χ3n) is 5.61. The smallest absolute Gasteiger partial charge is 0.175 e. The molecule has 0 atom stereocenters. The van der Waals surface area contributed by atoms with E-state index in [9.17, 15) is 8.42 Å². The minimum Gasteiger partial charge on any atom is -0.354 e. The molecule has 7 heteroatoms. The first-order chi connectivity index (χ1) is 14.4. The maximum absolute atomic E-state index is 11.6. The fourth-order valence-electron chi connectivity index (χ4n) is 3.81. The normalized spacial score (nSPS) is 15.4. The molecule has 0 saturated carbocycles. The van der Waals surface area contributed by atoms with E-state index in [1.165, 1.54) is 17.0 Å². The topological polar surface area (TPSA) is 53.5 Å². The van der Waals surface area contributed by atoms with E-state index in [0.717, 1.165) is 49.8 Å². The Morgan fingerprint density at radius 1 is 0.968 bits per heavy atom. The zero-order chi connectivity index (χ0) is 21.1. The predicted octanol–water partition coefficient (Wildman–Crippen LogP) is 4.37. The molecule has 1 fully saturated rings. The zero-order valence-corrected chi connectivity index (χ0v) is 19.5. The fraction of sp³-hybridized carbons (Fsp3) is 0.292. The first-order valence-electron chi connectivity index (χ1n) is 10.3. The van der Waals surface area contributed by atoms with Crippen molar-refractivity contribution in [3.63, 3.8) is 0 Å². The SMILES string of the molecule is CCN1CCN(c2nc(C=Cc3ccc(S(C)(=O)=O)cc3)cc3ccccc23)CC1.Cl. The maximum atomic E-state index is 11.6. The van der Waals surface area contributed by atoms with Gasteiger partial charge in [0.05, 0.1) is 10.6 Å². The van der Waals surface area contributed by atoms with Crippen LogP contribution in [0.2, 0.25) is 0 Å². The highest BCUT2D eigenvalue weighted by atomic mass is 35.5. The van der Waals surface area contributed by atoms with Crippen LogP contribution in [0.5, 0.6) is 0 Å². The van der Waals surface area contributed by atoms with Crippen LogP contribution < -0.4 is 4.90 Å². The Morgan fingerprint density at radius 2 is 1.65 bits per heavy atom. The van der Waals surface area contributed by atoms with Gasteiger partial charge in [-0.2, -0.15) is 0 Å². The number of aromatic nitrogens is 1. The average Bonchev–Trinajstić information content (AvgIpc) is 2.77. The van der Waals surface area contributed by atoms with E-state index in [2.05, 4.69) is 47.1 Å². The number of benzene rings is 2. The molecular weight excluding hydrogens is 430 g/mol. The van der Waals surface area contributed by atoms with E-state index < -0.39 is 9.84 Å². The molecule has 0 radical (unpaired) electrons. The molecule has 0 N–H and O–H groups in total. The largest absolute Gasteiger partial charge is 0.354 e. The molecular formula is C24H28ClN3O2S.